The number of hydrogen-bond acceptors (Lipinski definition) is 5. The third-order valence-electron chi connectivity index (χ3n) is 7.64. The molecule has 5 rings (SSSR count). The van der Waals surface area contributed by atoms with Crippen LogP contribution >= 0.6 is 0 Å². The summed E-state index contributed by atoms with van der Waals surface area (Å²) in [6, 6.07) is 10.6. The highest BCUT2D eigenvalue weighted by atomic mass is 19.1. The van der Waals surface area contributed by atoms with E-state index in [-0.39, 0.29) is 18.0 Å². The zero-order chi connectivity index (χ0) is 24.3. The van der Waals surface area contributed by atoms with E-state index in [4.69, 9.17) is 4.74 Å². The first kappa shape index (κ1) is 24.1. The largest absolute Gasteiger partial charge is 0.449 e. The minimum absolute atomic E-state index is 0.245. The van der Waals surface area contributed by atoms with E-state index >= 15 is 4.39 Å². The number of amides is 1. The number of rotatable bonds is 7. The molecule has 1 amide bonds. The number of carbonyl (C=O) groups excluding carboxylic acids is 1. The van der Waals surface area contributed by atoms with E-state index in [1.165, 1.54) is 12.1 Å². The van der Waals surface area contributed by atoms with Crippen LogP contribution in [-0.4, -0.2) is 67.0 Å². The average molecular weight is 485 g/mol. The van der Waals surface area contributed by atoms with Crippen molar-refractivity contribution in [3.05, 3.63) is 54.0 Å². The lowest BCUT2D eigenvalue weighted by molar-refractivity contribution is 0.0362. The fraction of sp³-hybridized carbons (Fsp3) is 0.556. The Morgan fingerprint density at radius 2 is 1.89 bits per heavy atom. The summed E-state index contributed by atoms with van der Waals surface area (Å²) >= 11 is 0. The van der Waals surface area contributed by atoms with Gasteiger partial charge in [0.05, 0.1) is 12.3 Å². The molecule has 2 atom stereocenters. The van der Waals surface area contributed by atoms with Gasteiger partial charge in [0.2, 0.25) is 0 Å². The Hall–Kier alpha value is -2.58. The number of ether oxygens (including phenoxy) is 1. The molecule has 3 heterocycles. The predicted molar refractivity (Wildman–Crippen MR) is 130 cm³/mol. The van der Waals surface area contributed by atoms with Gasteiger partial charge in [0.25, 0.3) is 0 Å². The second kappa shape index (κ2) is 10.6. The topological polar surface area (TPSA) is 66.5 Å². The number of hydrogen-bond donors (Lipinski definition) is 2. The smallest absolute Gasteiger partial charge is 0.409 e. The molecule has 188 valence electrons. The molecule has 1 aromatic carbocycles. The zero-order valence-electron chi connectivity index (χ0n) is 20.0. The summed E-state index contributed by atoms with van der Waals surface area (Å²) in [5, 5.41) is 6.70. The van der Waals surface area contributed by atoms with Crippen LogP contribution in [0.5, 0.6) is 0 Å². The van der Waals surface area contributed by atoms with Gasteiger partial charge in [-0.25, -0.2) is 13.6 Å². The molecule has 2 saturated heterocycles. The summed E-state index contributed by atoms with van der Waals surface area (Å²) < 4.78 is 34.0. The highest BCUT2D eigenvalue weighted by Crippen LogP contribution is 2.41. The van der Waals surface area contributed by atoms with Crippen molar-refractivity contribution in [1.29, 1.82) is 0 Å². The highest BCUT2D eigenvalue weighted by molar-refractivity contribution is 5.67. The number of benzene rings is 1. The second-order valence-corrected chi connectivity index (χ2v) is 10.2. The minimum Gasteiger partial charge on any atom is -0.449 e. The van der Waals surface area contributed by atoms with Crippen molar-refractivity contribution in [1.82, 2.24) is 20.5 Å². The van der Waals surface area contributed by atoms with Gasteiger partial charge in [-0.15, -0.1) is 0 Å². The maximum Gasteiger partial charge on any atom is 0.409 e. The van der Waals surface area contributed by atoms with E-state index in [9.17, 15) is 9.18 Å². The van der Waals surface area contributed by atoms with Crippen LogP contribution in [0, 0.1) is 11.7 Å². The number of likely N-dealkylation sites (tertiary alicyclic amines) is 1. The Balaban J connectivity index is 1.03. The lowest BCUT2D eigenvalue weighted by atomic mass is 9.93. The van der Waals surface area contributed by atoms with Gasteiger partial charge in [0.15, 0.2) is 0 Å². The molecule has 0 radical (unpaired) electrons. The Kier molecular flexibility index (Phi) is 7.29. The van der Waals surface area contributed by atoms with E-state index in [2.05, 4.69) is 21.7 Å². The molecule has 2 unspecified atom stereocenters. The van der Waals surface area contributed by atoms with Gasteiger partial charge in [-0.05, 0) is 74.2 Å². The predicted octanol–water partition coefficient (Wildman–Crippen LogP) is 4.27. The Bertz CT molecular complexity index is 987. The fourth-order valence-electron chi connectivity index (χ4n) is 5.11. The third-order valence-corrected chi connectivity index (χ3v) is 7.64. The van der Waals surface area contributed by atoms with Crippen molar-refractivity contribution in [2.45, 2.75) is 49.7 Å². The van der Waals surface area contributed by atoms with E-state index in [1.807, 2.05) is 12.3 Å². The fourth-order valence-corrected chi connectivity index (χ4v) is 5.11. The molecule has 0 bridgehead atoms. The average Bonchev–Trinajstić information content (AvgIpc) is 3.68. The number of alkyl halides is 1. The molecule has 1 aromatic heterocycles. The van der Waals surface area contributed by atoms with Crippen molar-refractivity contribution in [2.24, 2.45) is 5.92 Å². The minimum atomic E-state index is -1.30. The summed E-state index contributed by atoms with van der Waals surface area (Å²) in [6.45, 7) is 3.50. The molecule has 6 nitrogen and oxygen atoms in total. The summed E-state index contributed by atoms with van der Waals surface area (Å²) in [6.07, 6.45) is 5.23. The molecule has 1 saturated carbocycles. The quantitative estimate of drug-likeness (QED) is 0.614. The zero-order valence-corrected chi connectivity index (χ0v) is 20.0. The van der Waals surface area contributed by atoms with Gasteiger partial charge in [0, 0.05) is 56.2 Å². The van der Waals surface area contributed by atoms with Crippen LogP contribution in [0.25, 0.3) is 11.3 Å². The van der Waals surface area contributed by atoms with E-state index in [0.29, 0.717) is 50.9 Å². The van der Waals surface area contributed by atoms with Gasteiger partial charge in [0.1, 0.15) is 11.5 Å². The maximum atomic E-state index is 15.4. The molecule has 3 fully saturated rings. The number of carbonyl (C=O) groups is 1. The van der Waals surface area contributed by atoms with E-state index < -0.39 is 5.67 Å². The van der Waals surface area contributed by atoms with Crippen molar-refractivity contribution in [3.63, 3.8) is 0 Å². The van der Waals surface area contributed by atoms with Gasteiger partial charge in [-0.3, -0.25) is 4.98 Å². The van der Waals surface area contributed by atoms with Crippen LogP contribution in [0.3, 0.4) is 0 Å². The number of halogens is 2. The summed E-state index contributed by atoms with van der Waals surface area (Å²) in [4.78, 5) is 18.6. The molecule has 2 N–H and O–H groups in total. The lowest BCUT2D eigenvalue weighted by Crippen LogP contribution is -2.49. The van der Waals surface area contributed by atoms with Crippen molar-refractivity contribution in [2.75, 3.05) is 39.3 Å². The lowest BCUT2D eigenvalue weighted by Gasteiger charge is -2.36. The second-order valence-electron chi connectivity index (χ2n) is 10.2. The number of aromatic nitrogens is 1. The number of nitrogens with one attached hydrogen (secondary N) is 2. The molecule has 2 aromatic rings. The van der Waals surface area contributed by atoms with Crippen LogP contribution in [0.1, 0.15) is 43.6 Å². The van der Waals surface area contributed by atoms with E-state index in [1.54, 1.807) is 17.0 Å². The number of piperidine rings is 2. The van der Waals surface area contributed by atoms with Crippen molar-refractivity contribution >= 4 is 6.09 Å². The number of pyridine rings is 1. The van der Waals surface area contributed by atoms with Crippen LogP contribution < -0.4 is 10.6 Å². The molecular formula is C27H34F2N4O2. The molecule has 1 aliphatic carbocycles. The first-order chi connectivity index (χ1) is 17.0. The van der Waals surface area contributed by atoms with Crippen LogP contribution in [0.2, 0.25) is 0 Å². The SMILES string of the molecule is O=C(OCC1CCNCC1)N1CCC(F)(CNC2CC2c2ccc(-c3ccc(F)cc3)nc2)CC1. The van der Waals surface area contributed by atoms with Crippen LogP contribution in [-0.2, 0) is 4.74 Å². The van der Waals surface area contributed by atoms with Crippen molar-refractivity contribution in [3.8, 4) is 11.3 Å². The van der Waals surface area contributed by atoms with Gasteiger partial charge in [-0.1, -0.05) is 6.07 Å². The Morgan fingerprint density at radius 3 is 2.57 bits per heavy atom. The molecule has 0 spiro atoms. The van der Waals surface area contributed by atoms with Gasteiger partial charge in [-0.2, -0.15) is 0 Å². The Morgan fingerprint density at radius 1 is 1.14 bits per heavy atom. The van der Waals surface area contributed by atoms with Gasteiger partial charge < -0.3 is 20.3 Å². The molecular weight excluding hydrogens is 450 g/mol. The van der Waals surface area contributed by atoms with E-state index in [0.717, 1.165) is 49.2 Å². The maximum absolute atomic E-state index is 15.4. The molecule has 3 aliphatic rings. The standard InChI is InChI=1S/C27H34F2N4O2/c28-22-4-1-20(2-5-22)24-6-3-21(16-31-24)23-15-25(23)32-18-27(29)9-13-33(14-10-27)26(34)35-17-19-7-11-30-12-8-19/h1-6,16,19,23,25,30,32H,7-15,17-18H2. The Labute approximate surface area is 205 Å². The molecule has 2 aliphatic heterocycles. The van der Waals surface area contributed by atoms with Crippen molar-refractivity contribution < 1.29 is 18.3 Å². The van der Waals surface area contributed by atoms with Crippen LogP contribution in [0.4, 0.5) is 13.6 Å². The normalized spacial score (nSPS) is 24.2. The molecule has 8 heteroatoms. The van der Waals surface area contributed by atoms with Crippen LogP contribution in [0.15, 0.2) is 42.6 Å². The third kappa shape index (κ3) is 6.16. The monoisotopic (exact) mass is 484 g/mol. The molecule has 35 heavy (non-hydrogen) atoms. The van der Waals surface area contributed by atoms with Gasteiger partial charge >= 0.3 is 6.09 Å². The summed E-state index contributed by atoms with van der Waals surface area (Å²) in [5.74, 6) is 0.495. The summed E-state index contributed by atoms with van der Waals surface area (Å²) in [7, 11) is 0. The first-order valence-corrected chi connectivity index (χ1v) is 12.8. The number of nitrogens with zero attached hydrogens (tertiary/aromatic N) is 2. The first-order valence-electron chi connectivity index (χ1n) is 12.8. The summed E-state index contributed by atoms with van der Waals surface area (Å²) in [5.41, 5.74) is 1.52. The highest BCUT2D eigenvalue weighted by Gasteiger charge is 2.42.